The molecule has 0 spiro atoms. The normalized spacial score (nSPS) is 12.1. The van der Waals surface area contributed by atoms with Crippen LogP contribution in [0.25, 0.3) is 0 Å². The molecule has 0 heterocycles. The van der Waals surface area contributed by atoms with E-state index in [0.29, 0.717) is 41.0 Å². The van der Waals surface area contributed by atoms with Gasteiger partial charge in [-0.05, 0) is 79.9 Å². The smallest absolute Gasteiger partial charge is 0.412 e. The molecule has 0 aliphatic carbocycles. The highest BCUT2D eigenvalue weighted by Crippen LogP contribution is 2.41. The van der Waals surface area contributed by atoms with Gasteiger partial charge in [0.2, 0.25) is 5.91 Å². The van der Waals surface area contributed by atoms with E-state index in [9.17, 15) is 23.9 Å². The number of hydrogen-bond acceptors (Lipinski definition) is 6. The predicted octanol–water partition coefficient (Wildman–Crippen LogP) is 6.61. The van der Waals surface area contributed by atoms with E-state index in [-0.39, 0.29) is 11.7 Å². The van der Waals surface area contributed by atoms with Gasteiger partial charge in [0.25, 0.3) is 0 Å². The number of hydrogen-bond donors (Lipinski definition) is 4. The summed E-state index contributed by atoms with van der Waals surface area (Å²) in [7, 11) is 0. The van der Waals surface area contributed by atoms with Crippen LogP contribution in [-0.2, 0) is 9.53 Å². The van der Waals surface area contributed by atoms with Gasteiger partial charge in [0.05, 0.1) is 11.4 Å². The molecule has 0 aliphatic rings. The van der Waals surface area contributed by atoms with Crippen LogP contribution in [0.3, 0.4) is 0 Å². The highest BCUT2D eigenvalue weighted by molar-refractivity contribution is 6.01. The minimum absolute atomic E-state index is 0.101. The number of nitrogens with two attached hydrogens (primary N) is 1. The van der Waals surface area contributed by atoms with Crippen LogP contribution < -0.4 is 16.4 Å². The van der Waals surface area contributed by atoms with Crippen LogP contribution in [0.5, 0.6) is 5.75 Å². The van der Waals surface area contributed by atoms with Crippen molar-refractivity contribution in [3.8, 4) is 5.75 Å². The minimum Gasteiger partial charge on any atom is -0.505 e. The van der Waals surface area contributed by atoms with Gasteiger partial charge in [0.15, 0.2) is 17.3 Å². The number of aromatic hydroxyl groups is 1. The Hall–Kier alpha value is -4.66. The molecule has 5 N–H and O–H groups in total. The Bertz CT molecular complexity index is 1370. The number of nitrogen functional groups attached to an aromatic ring is 1. The summed E-state index contributed by atoms with van der Waals surface area (Å²) in [6.07, 6.45) is 2.36. The molecule has 0 aromatic heterocycles. The average Bonchev–Trinajstić information content (AvgIpc) is 2.88. The van der Waals surface area contributed by atoms with Gasteiger partial charge in [-0.25, -0.2) is 9.18 Å². The van der Waals surface area contributed by atoms with E-state index in [2.05, 4.69) is 10.6 Å². The number of phenols is 1. The summed E-state index contributed by atoms with van der Waals surface area (Å²) in [6.45, 7) is 5.16. The van der Waals surface area contributed by atoms with Crippen LogP contribution in [-0.4, -0.2) is 22.9 Å². The summed E-state index contributed by atoms with van der Waals surface area (Å²) < 4.78 is 20.0. The minimum atomic E-state index is -0.893. The summed E-state index contributed by atoms with van der Waals surface area (Å²) in [6, 6.07) is 17.1. The van der Waals surface area contributed by atoms with Crippen molar-refractivity contribution < 1.29 is 28.6 Å². The Labute approximate surface area is 226 Å². The van der Waals surface area contributed by atoms with Crippen molar-refractivity contribution in [2.75, 3.05) is 16.4 Å². The lowest BCUT2D eigenvalue weighted by atomic mass is 9.78. The molecule has 0 saturated heterocycles. The van der Waals surface area contributed by atoms with Gasteiger partial charge in [0.1, 0.15) is 6.10 Å². The number of ether oxygens (including phenoxy) is 1. The van der Waals surface area contributed by atoms with Crippen LogP contribution >= 0.6 is 0 Å². The maximum absolute atomic E-state index is 14.2. The second-order valence-corrected chi connectivity index (χ2v) is 9.76. The second-order valence-electron chi connectivity index (χ2n) is 9.76. The number of halogens is 1. The molecule has 3 aromatic rings. The number of allylic oxidation sites excluding steroid dienone is 1. The molecule has 3 rings (SSSR count). The number of rotatable bonds is 10. The van der Waals surface area contributed by atoms with Gasteiger partial charge < -0.3 is 20.9 Å². The number of amides is 2. The maximum atomic E-state index is 14.2. The standard InChI is InChI=1S/C30H32FN3O5/c1-19(35)20-11-14-22(15-12-20)33-29(38)39-28(21-13-16-26(36)23(31)18-21)30(2,3)17-7-6-10-27(37)34-25-9-5-4-8-24(25)32/h4-6,8-16,18,28,36H,7,17,32H2,1-3H3,(H,33,38)(H,34,37)/b10-6+/t28-/m0/s1. The van der Waals surface area contributed by atoms with Crippen molar-refractivity contribution in [2.24, 2.45) is 5.41 Å². The molecule has 39 heavy (non-hydrogen) atoms. The molecule has 0 bridgehead atoms. The summed E-state index contributed by atoms with van der Waals surface area (Å²) >= 11 is 0. The molecular formula is C30H32FN3O5. The van der Waals surface area contributed by atoms with Crippen molar-refractivity contribution in [2.45, 2.75) is 39.7 Å². The Kier molecular flexibility index (Phi) is 9.43. The Morgan fingerprint density at radius 2 is 1.74 bits per heavy atom. The number of para-hydroxylation sites is 2. The zero-order chi connectivity index (χ0) is 28.6. The molecular weight excluding hydrogens is 501 g/mol. The number of carbonyl (C=O) groups excluding carboxylic acids is 3. The number of benzene rings is 3. The first-order valence-corrected chi connectivity index (χ1v) is 12.4. The Balaban J connectivity index is 1.70. The van der Waals surface area contributed by atoms with Crippen LogP contribution in [0.15, 0.2) is 78.9 Å². The molecule has 0 saturated carbocycles. The number of anilines is 3. The fraction of sp³-hybridized carbons (Fsp3) is 0.233. The van der Waals surface area contributed by atoms with E-state index >= 15 is 0 Å². The molecule has 3 aromatic carbocycles. The van der Waals surface area contributed by atoms with Crippen LogP contribution in [0.1, 0.15) is 55.6 Å². The number of carbonyl (C=O) groups is 3. The molecule has 204 valence electrons. The summed E-state index contributed by atoms with van der Waals surface area (Å²) in [5, 5.41) is 15.0. The van der Waals surface area contributed by atoms with E-state index < -0.39 is 29.2 Å². The van der Waals surface area contributed by atoms with Crippen molar-refractivity contribution in [3.63, 3.8) is 0 Å². The number of nitrogens with one attached hydrogen (secondary N) is 2. The van der Waals surface area contributed by atoms with Crippen molar-refractivity contribution in [1.82, 2.24) is 0 Å². The third kappa shape index (κ3) is 8.16. The van der Waals surface area contributed by atoms with Crippen molar-refractivity contribution in [3.05, 3.63) is 95.8 Å². The van der Waals surface area contributed by atoms with Gasteiger partial charge >= 0.3 is 6.09 Å². The molecule has 9 heteroatoms. The molecule has 0 unspecified atom stereocenters. The Morgan fingerprint density at radius 1 is 1.05 bits per heavy atom. The fourth-order valence-corrected chi connectivity index (χ4v) is 3.97. The molecule has 0 radical (unpaired) electrons. The number of Topliss-reactive ketones (excluding diaryl/α,β-unsaturated/α-hetero) is 1. The van der Waals surface area contributed by atoms with E-state index in [1.165, 1.54) is 25.1 Å². The highest BCUT2D eigenvalue weighted by Gasteiger charge is 2.34. The third-order valence-corrected chi connectivity index (χ3v) is 6.19. The van der Waals surface area contributed by atoms with Gasteiger partial charge in [0, 0.05) is 16.7 Å². The van der Waals surface area contributed by atoms with E-state index in [4.69, 9.17) is 10.5 Å². The Morgan fingerprint density at radius 3 is 2.38 bits per heavy atom. The fourth-order valence-electron chi connectivity index (χ4n) is 3.97. The quantitative estimate of drug-likeness (QED) is 0.132. The monoisotopic (exact) mass is 533 g/mol. The first-order valence-electron chi connectivity index (χ1n) is 12.4. The van der Waals surface area contributed by atoms with E-state index in [1.54, 1.807) is 54.6 Å². The SMILES string of the molecule is CC(=O)c1ccc(NC(=O)O[C@@H](c2ccc(O)c(F)c2)C(C)(C)CC/C=C/C(=O)Nc2ccccc2N)cc1. The van der Waals surface area contributed by atoms with Gasteiger partial charge in [-0.2, -0.15) is 0 Å². The van der Waals surface area contributed by atoms with E-state index in [1.807, 2.05) is 13.8 Å². The molecule has 8 nitrogen and oxygen atoms in total. The topological polar surface area (TPSA) is 131 Å². The van der Waals surface area contributed by atoms with Gasteiger partial charge in [-0.15, -0.1) is 0 Å². The zero-order valence-electron chi connectivity index (χ0n) is 22.0. The highest BCUT2D eigenvalue weighted by atomic mass is 19.1. The zero-order valence-corrected chi connectivity index (χ0v) is 22.0. The van der Waals surface area contributed by atoms with Crippen molar-refractivity contribution >= 4 is 34.8 Å². The second kappa shape index (κ2) is 12.7. The molecule has 1 atom stereocenters. The molecule has 0 aliphatic heterocycles. The number of phenolic OH excluding ortho intramolecular Hbond substituents is 1. The van der Waals surface area contributed by atoms with Crippen LogP contribution in [0, 0.1) is 11.2 Å². The van der Waals surface area contributed by atoms with Crippen LogP contribution in [0.2, 0.25) is 0 Å². The van der Waals surface area contributed by atoms with Crippen molar-refractivity contribution in [1.29, 1.82) is 0 Å². The van der Waals surface area contributed by atoms with Gasteiger partial charge in [-0.1, -0.05) is 38.1 Å². The average molecular weight is 534 g/mol. The number of ketones is 1. The lowest BCUT2D eigenvalue weighted by Gasteiger charge is -2.34. The third-order valence-electron chi connectivity index (χ3n) is 6.19. The van der Waals surface area contributed by atoms with Crippen LogP contribution in [0.4, 0.5) is 26.2 Å². The maximum Gasteiger partial charge on any atom is 0.412 e. The first-order chi connectivity index (χ1) is 18.5. The molecule has 2 amide bonds. The molecule has 0 fully saturated rings. The summed E-state index contributed by atoms with van der Waals surface area (Å²) in [5.41, 5.74) is 7.40. The first kappa shape index (κ1) is 28.9. The summed E-state index contributed by atoms with van der Waals surface area (Å²) in [5.74, 6) is -1.79. The summed E-state index contributed by atoms with van der Waals surface area (Å²) in [4.78, 5) is 36.6. The largest absolute Gasteiger partial charge is 0.505 e. The lowest BCUT2D eigenvalue weighted by molar-refractivity contribution is -0.111. The predicted molar refractivity (Wildman–Crippen MR) is 149 cm³/mol. The lowest BCUT2D eigenvalue weighted by Crippen LogP contribution is -2.29. The van der Waals surface area contributed by atoms with Gasteiger partial charge in [-0.3, -0.25) is 14.9 Å². The van der Waals surface area contributed by atoms with E-state index in [0.717, 1.165) is 6.07 Å².